The van der Waals surface area contributed by atoms with Crippen molar-refractivity contribution in [3.8, 4) is 0 Å². The second kappa shape index (κ2) is 11.6. The molecule has 0 fully saturated rings. The number of imidazole rings is 1. The summed E-state index contributed by atoms with van der Waals surface area (Å²) in [5, 5.41) is 6.78. The number of aryl methyl sites for hydroxylation is 2. The number of halogens is 1. The number of hydrogen-bond acceptors (Lipinski definition) is 2. The van der Waals surface area contributed by atoms with Crippen LogP contribution in [0.3, 0.4) is 0 Å². The van der Waals surface area contributed by atoms with Crippen molar-refractivity contribution in [3.63, 3.8) is 0 Å². The average Bonchev–Trinajstić information content (AvgIpc) is 3.18. The Bertz CT molecular complexity index is 919. The Morgan fingerprint density at radius 3 is 2.62 bits per heavy atom. The first-order chi connectivity index (χ1) is 13.6. The molecule has 0 atom stereocenters. The summed E-state index contributed by atoms with van der Waals surface area (Å²) in [6.07, 6.45) is 5.62. The molecule has 154 valence electrons. The average molecular weight is 503 g/mol. The molecule has 0 radical (unpaired) electrons. The van der Waals surface area contributed by atoms with E-state index < -0.39 is 0 Å². The van der Waals surface area contributed by atoms with Gasteiger partial charge in [0.05, 0.1) is 12.9 Å². The molecule has 29 heavy (non-hydrogen) atoms. The maximum absolute atomic E-state index is 4.76. The monoisotopic (exact) mass is 503 g/mol. The van der Waals surface area contributed by atoms with E-state index in [0.29, 0.717) is 6.54 Å². The van der Waals surface area contributed by atoms with Gasteiger partial charge in [0.15, 0.2) is 5.96 Å². The van der Waals surface area contributed by atoms with Crippen LogP contribution in [0.1, 0.15) is 34.7 Å². The summed E-state index contributed by atoms with van der Waals surface area (Å²) in [4.78, 5) is 8.86. The Morgan fingerprint density at radius 2 is 1.90 bits per heavy atom. The molecule has 0 aliphatic heterocycles. The van der Waals surface area contributed by atoms with Crippen molar-refractivity contribution in [2.75, 3.05) is 6.54 Å². The highest BCUT2D eigenvalue weighted by Gasteiger charge is 2.02. The van der Waals surface area contributed by atoms with Crippen molar-refractivity contribution in [1.82, 2.24) is 20.2 Å². The molecule has 3 rings (SSSR count). The maximum Gasteiger partial charge on any atom is 0.191 e. The van der Waals surface area contributed by atoms with Gasteiger partial charge in [-0.1, -0.05) is 48.0 Å². The number of nitrogens with one attached hydrogen (secondary N) is 2. The smallest absolute Gasteiger partial charge is 0.191 e. The van der Waals surface area contributed by atoms with Gasteiger partial charge < -0.3 is 15.2 Å². The molecule has 0 saturated heterocycles. The fourth-order valence-corrected chi connectivity index (χ4v) is 3.15. The first-order valence-corrected chi connectivity index (χ1v) is 9.76. The van der Waals surface area contributed by atoms with Crippen LogP contribution < -0.4 is 10.6 Å². The first-order valence-electron chi connectivity index (χ1n) is 9.76. The number of aliphatic imine (C=N–C) groups is 1. The van der Waals surface area contributed by atoms with Gasteiger partial charge in [0.2, 0.25) is 0 Å². The lowest BCUT2D eigenvalue weighted by Gasteiger charge is -2.13. The zero-order chi connectivity index (χ0) is 19.8. The predicted octanol–water partition coefficient (Wildman–Crippen LogP) is 4.42. The lowest BCUT2D eigenvalue weighted by Crippen LogP contribution is -2.36. The highest BCUT2D eigenvalue weighted by Crippen LogP contribution is 2.11. The van der Waals surface area contributed by atoms with E-state index >= 15 is 0 Å². The Morgan fingerprint density at radius 1 is 1.07 bits per heavy atom. The molecule has 1 heterocycles. The molecular formula is C23H30IN5. The lowest BCUT2D eigenvalue weighted by molar-refractivity contribution is 0.793. The number of aromatic nitrogens is 2. The molecule has 3 aromatic rings. The molecule has 1 aromatic heterocycles. The molecule has 0 saturated carbocycles. The largest absolute Gasteiger partial charge is 0.357 e. The predicted molar refractivity (Wildman–Crippen MR) is 131 cm³/mol. The van der Waals surface area contributed by atoms with Crippen LogP contribution >= 0.6 is 24.0 Å². The molecule has 0 aliphatic carbocycles. The van der Waals surface area contributed by atoms with Gasteiger partial charge in [0.1, 0.15) is 0 Å². The molecule has 2 N–H and O–H groups in total. The van der Waals surface area contributed by atoms with Crippen molar-refractivity contribution in [2.45, 2.75) is 40.4 Å². The molecule has 0 aliphatic rings. The van der Waals surface area contributed by atoms with Gasteiger partial charge in [-0.3, -0.25) is 0 Å². The fraction of sp³-hybridized carbons (Fsp3) is 0.304. The van der Waals surface area contributed by atoms with E-state index in [1.807, 2.05) is 12.5 Å². The number of rotatable bonds is 7. The van der Waals surface area contributed by atoms with Gasteiger partial charge in [-0.25, -0.2) is 9.98 Å². The van der Waals surface area contributed by atoms with Crippen molar-refractivity contribution in [3.05, 3.63) is 89.0 Å². The molecule has 0 spiro atoms. The first kappa shape index (κ1) is 22.9. The molecule has 6 heteroatoms. The molecule has 5 nitrogen and oxygen atoms in total. The topological polar surface area (TPSA) is 54.2 Å². The molecule has 0 unspecified atom stereocenters. The SMILES string of the molecule is CCNC(=NCc1cccc(Cn2ccnc2)c1)NCc1ccc(C)cc1C.I. The highest BCUT2D eigenvalue weighted by atomic mass is 127. The third kappa shape index (κ3) is 7.20. The second-order valence-corrected chi connectivity index (χ2v) is 7.03. The van der Waals surface area contributed by atoms with Gasteiger partial charge in [-0.15, -0.1) is 24.0 Å². The zero-order valence-corrected chi connectivity index (χ0v) is 19.7. The van der Waals surface area contributed by atoms with E-state index in [2.05, 4.69) is 83.4 Å². The van der Waals surface area contributed by atoms with Crippen molar-refractivity contribution >= 4 is 29.9 Å². The minimum Gasteiger partial charge on any atom is -0.357 e. The summed E-state index contributed by atoms with van der Waals surface area (Å²) in [6.45, 7) is 9.41. The summed E-state index contributed by atoms with van der Waals surface area (Å²) in [6, 6.07) is 15.1. The normalized spacial score (nSPS) is 11.1. The minimum absolute atomic E-state index is 0. The Hall–Kier alpha value is -2.35. The van der Waals surface area contributed by atoms with E-state index in [0.717, 1.165) is 25.6 Å². The van der Waals surface area contributed by atoms with Crippen molar-refractivity contribution in [2.24, 2.45) is 4.99 Å². The van der Waals surface area contributed by atoms with Crippen LogP contribution in [0.2, 0.25) is 0 Å². The third-order valence-corrected chi connectivity index (χ3v) is 4.62. The summed E-state index contributed by atoms with van der Waals surface area (Å²) in [5.41, 5.74) is 6.33. The Kier molecular flexibility index (Phi) is 9.18. The van der Waals surface area contributed by atoms with Crippen LogP contribution in [0.5, 0.6) is 0 Å². The summed E-state index contributed by atoms with van der Waals surface area (Å²) < 4.78 is 2.07. The van der Waals surface area contributed by atoms with Crippen molar-refractivity contribution < 1.29 is 0 Å². The molecule has 2 aromatic carbocycles. The maximum atomic E-state index is 4.76. The molecular weight excluding hydrogens is 473 g/mol. The van der Waals surface area contributed by atoms with Gasteiger partial charge >= 0.3 is 0 Å². The highest BCUT2D eigenvalue weighted by molar-refractivity contribution is 14.0. The van der Waals surface area contributed by atoms with E-state index in [1.54, 1.807) is 6.20 Å². The summed E-state index contributed by atoms with van der Waals surface area (Å²) in [5.74, 6) is 0.836. The quantitative estimate of drug-likeness (QED) is 0.285. The summed E-state index contributed by atoms with van der Waals surface area (Å²) in [7, 11) is 0. The van der Waals surface area contributed by atoms with Gasteiger partial charge in [-0.05, 0) is 43.0 Å². The number of benzene rings is 2. The number of guanidine groups is 1. The minimum atomic E-state index is 0. The number of hydrogen-bond donors (Lipinski definition) is 2. The van der Waals surface area contributed by atoms with E-state index in [9.17, 15) is 0 Å². The second-order valence-electron chi connectivity index (χ2n) is 7.03. The third-order valence-electron chi connectivity index (χ3n) is 4.62. The number of nitrogens with zero attached hydrogens (tertiary/aromatic N) is 3. The van der Waals surface area contributed by atoms with Crippen molar-refractivity contribution in [1.29, 1.82) is 0 Å². The summed E-state index contributed by atoms with van der Waals surface area (Å²) >= 11 is 0. The van der Waals surface area contributed by atoms with E-state index in [1.165, 1.54) is 27.8 Å². The zero-order valence-electron chi connectivity index (χ0n) is 17.4. The molecule has 0 amide bonds. The van der Waals surface area contributed by atoms with E-state index in [-0.39, 0.29) is 24.0 Å². The van der Waals surface area contributed by atoms with Gasteiger partial charge in [-0.2, -0.15) is 0 Å². The van der Waals surface area contributed by atoms with Crippen LogP contribution in [-0.2, 0) is 19.6 Å². The van der Waals surface area contributed by atoms with Crippen LogP contribution in [0.25, 0.3) is 0 Å². The lowest BCUT2D eigenvalue weighted by atomic mass is 10.1. The van der Waals surface area contributed by atoms with Crippen LogP contribution in [-0.4, -0.2) is 22.1 Å². The fourth-order valence-electron chi connectivity index (χ4n) is 3.15. The van der Waals surface area contributed by atoms with Crippen LogP contribution in [0.15, 0.2) is 66.2 Å². The van der Waals surface area contributed by atoms with E-state index in [4.69, 9.17) is 4.99 Å². The van der Waals surface area contributed by atoms with Gasteiger partial charge in [0.25, 0.3) is 0 Å². The van der Waals surface area contributed by atoms with Crippen LogP contribution in [0, 0.1) is 13.8 Å². The Balaban J connectivity index is 0.00000300. The molecule has 0 bridgehead atoms. The standard InChI is InChI=1S/C23H29N5.HI/c1-4-25-23(27-15-22-9-8-18(2)12-19(22)3)26-14-20-6-5-7-21(13-20)16-28-11-10-24-17-28;/h5-13,17H,4,14-16H2,1-3H3,(H2,25,26,27);1H. The van der Waals surface area contributed by atoms with Gasteiger partial charge in [0, 0.05) is 32.0 Å². The van der Waals surface area contributed by atoms with Crippen LogP contribution in [0.4, 0.5) is 0 Å². The Labute approximate surface area is 190 Å².